The van der Waals surface area contributed by atoms with E-state index in [1.807, 2.05) is 12.1 Å². The first-order valence-corrected chi connectivity index (χ1v) is 8.64. The van der Waals surface area contributed by atoms with Crippen LogP contribution >= 0.6 is 0 Å². The number of benzene rings is 2. The summed E-state index contributed by atoms with van der Waals surface area (Å²) in [4.78, 5) is 2.42. The molecule has 1 aliphatic heterocycles. The second kappa shape index (κ2) is 8.21. The highest BCUT2D eigenvalue weighted by molar-refractivity contribution is 5.47. The van der Waals surface area contributed by atoms with E-state index in [1.54, 1.807) is 26.4 Å². The summed E-state index contributed by atoms with van der Waals surface area (Å²) < 4.78 is 24.0. The maximum atomic E-state index is 13.0. The summed E-state index contributed by atoms with van der Waals surface area (Å²) in [6, 6.07) is 12.9. The summed E-state index contributed by atoms with van der Waals surface area (Å²) >= 11 is 0. The first-order chi connectivity index (χ1) is 12.2. The highest BCUT2D eigenvalue weighted by atomic mass is 19.1. The number of nitrogens with one attached hydrogen (secondary N) is 1. The molecule has 0 aliphatic carbocycles. The number of halogens is 1. The first kappa shape index (κ1) is 17.5. The van der Waals surface area contributed by atoms with Gasteiger partial charge >= 0.3 is 0 Å². The van der Waals surface area contributed by atoms with Gasteiger partial charge in [-0.1, -0.05) is 12.1 Å². The van der Waals surface area contributed by atoms with Crippen LogP contribution in [-0.4, -0.2) is 38.3 Å². The van der Waals surface area contributed by atoms with Gasteiger partial charge in [0.25, 0.3) is 0 Å². The molecule has 3 rings (SSSR count). The number of hydrogen-bond acceptors (Lipinski definition) is 4. The summed E-state index contributed by atoms with van der Waals surface area (Å²) in [6.45, 7) is 2.82. The van der Waals surface area contributed by atoms with Crippen molar-refractivity contribution in [3.05, 3.63) is 53.8 Å². The number of ether oxygens (including phenoxy) is 2. The zero-order chi connectivity index (χ0) is 17.6. The highest BCUT2D eigenvalue weighted by Gasteiger charge is 2.21. The second-order valence-corrected chi connectivity index (χ2v) is 6.38. The smallest absolute Gasteiger partial charge is 0.165 e. The quantitative estimate of drug-likeness (QED) is 0.861. The molecule has 4 nitrogen and oxygen atoms in total. The van der Waals surface area contributed by atoms with Crippen LogP contribution in [0.25, 0.3) is 0 Å². The van der Waals surface area contributed by atoms with E-state index >= 15 is 0 Å². The zero-order valence-corrected chi connectivity index (χ0v) is 14.8. The molecule has 0 aromatic heterocycles. The Bertz CT molecular complexity index is 691. The van der Waals surface area contributed by atoms with Crippen molar-refractivity contribution in [1.29, 1.82) is 0 Å². The maximum absolute atomic E-state index is 13.0. The van der Waals surface area contributed by atoms with Crippen LogP contribution in [0.15, 0.2) is 42.5 Å². The van der Waals surface area contributed by atoms with Gasteiger partial charge < -0.3 is 14.8 Å². The molecular weight excluding hydrogens is 319 g/mol. The van der Waals surface area contributed by atoms with Crippen molar-refractivity contribution in [2.45, 2.75) is 25.4 Å². The number of methoxy groups -OCH3 is 2. The van der Waals surface area contributed by atoms with Crippen LogP contribution in [0.1, 0.15) is 18.4 Å². The van der Waals surface area contributed by atoms with Gasteiger partial charge in [0.2, 0.25) is 0 Å². The molecule has 1 saturated heterocycles. The average Bonchev–Trinajstić information content (AvgIpc) is 2.63. The molecule has 2 aromatic rings. The Kier molecular flexibility index (Phi) is 5.76. The monoisotopic (exact) mass is 344 g/mol. The van der Waals surface area contributed by atoms with E-state index in [4.69, 9.17) is 9.47 Å². The molecule has 1 N–H and O–H groups in total. The van der Waals surface area contributed by atoms with Crippen molar-refractivity contribution in [1.82, 2.24) is 4.90 Å². The fraction of sp³-hybridized carbons (Fsp3) is 0.400. The van der Waals surface area contributed by atoms with Crippen molar-refractivity contribution in [3.63, 3.8) is 0 Å². The lowest BCUT2D eigenvalue weighted by Gasteiger charge is -2.34. The number of piperidine rings is 1. The summed E-state index contributed by atoms with van der Waals surface area (Å²) in [5, 5.41) is 3.51. The molecule has 1 aliphatic rings. The molecule has 0 spiro atoms. The van der Waals surface area contributed by atoms with E-state index in [0.29, 0.717) is 6.04 Å². The molecule has 1 atom stereocenters. The van der Waals surface area contributed by atoms with Crippen molar-refractivity contribution < 1.29 is 13.9 Å². The predicted molar refractivity (Wildman–Crippen MR) is 97.9 cm³/mol. The number of rotatable bonds is 6. The standard InChI is InChI=1S/C20H25FN2O2/c1-24-19-7-3-5-15(20(19)25-2)13-23-12-4-6-18(14-23)22-17-10-8-16(21)9-11-17/h3,5,7-11,18,22H,4,6,12-14H2,1-2H3/t18-/m0/s1. The van der Waals surface area contributed by atoms with Crippen LogP contribution in [0.4, 0.5) is 10.1 Å². The first-order valence-electron chi connectivity index (χ1n) is 8.64. The Hall–Kier alpha value is -2.27. The molecule has 0 radical (unpaired) electrons. The molecule has 2 aromatic carbocycles. The topological polar surface area (TPSA) is 33.7 Å². The van der Waals surface area contributed by atoms with Crippen LogP contribution in [-0.2, 0) is 6.54 Å². The molecule has 0 unspecified atom stereocenters. The molecule has 134 valence electrons. The number of anilines is 1. The van der Waals surface area contributed by atoms with Gasteiger partial charge in [0.1, 0.15) is 5.82 Å². The molecule has 0 amide bonds. The molecule has 25 heavy (non-hydrogen) atoms. The van der Waals surface area contributed by atoms with E-state index in [0.717, 1.165) is 55.2 Å². The second-order valence-electron chi connectivity index (χ2n) is 6.38. The van der Waals surface area contributed by atoms with Gasteiger partial charge in [-0.3, -0.25) is 4.90 Å². The molecule has 0 bridgehead atoms. The van der Waals surface area contributed by atoms with Gasteiger partial charge in [0.05, 0.1) is 14.2 Å². The number of nitrogens with zero attached hydrogens (tertiary/aromatic N) is 1. The molecule has 0 saturated carbocycles. The number of likely N-dealkylation sites (tertiary alicyclic amines) is 1. The van der Waals surface area contributed by atoms with Crippen LogP contribution < -0.4 is 14.8 Å². The Morgan fingerprint density at radius 3 is 2.64 bits per heavy atom. The summed E-state index contributed by atoms with van der Waals surface area (Å²) in [7, 11) is 3.33. The van der Waals surface area contributed by atoms with E-state index in [1.165, 1.54) is 12.1 Å². The van der Waals surface area contributed by atoms with E-state index in [2.05, 4.69) is 16.3 Å². The van der Waals surface area contributed by atoms with Gasteiger partial charge in [-0.05, 0) is 49.7 Å². The molecule has 5 heteroatoms. The van der Waals surface area contributed by atoms with Crippen LogP contribution in [0.5, 0.6) is 11.5 Å². The minimum Gasteiger partial charge on any atom is -0.493 e. The Morgan fingerprint density at radius 1 is 1.12 bits per heavy atom. The number of para-hydroxylation sites is 1. The lowest BCUT2D eigenvalue weighted by molar-refractivity contribution is 0.205. The maximum Gasteiger partial charge on any atom is 0.165 e. The van der Waals surface area contributed by atoms with Crippen LogP contribution in [0.3, 0.4) is 0 Å². The zero-order valence-electron chi connectivity index (χ0n) is 14.8. The van der Waals surface area contributed by atoms with Gasteiger partial charge in [0, 0.05) is 30.4 Å². The molecular formula is C20H25FN2O2. The lowest BCUT2D eigenvalue weighted by Crippen LogP contribution is -2.41. The van der Waals surface area contributed by atoms with E-state index < -0.39 is 0 Å². The normalized spacial score (nSPS) is 18.0. The van der Waals surface area contributed by atoms with Crippen molar-refractivity contribution >= 4 is 5.69 Å². The Morgan fingerprint density at radius 2 is 1.92 bits per heavy atom. The number of hydrogen-bond donors (Lipinski definition) is 1. The van der Waals surface area contributed by atoms with Crippen LogP contribution in [0.2, 0.25) is 0 Å². The summed E-state index contributed by atoms with van der Waals surface area (Å²) in [5.74, 6) is 1.36. The molecule has 1 heterocycles. The summed E-state index contributed by atoms with van der Waals surface area (Å²) in [5.41, 5.74) is 2.09. The van der Waals surface area contributed by atoms with Crippen molar-refractivity contribution in [2.24, 2.45) is 0 Å². The minimum atomic E-state index is -0.207. The Labute approximate surface area is 148 Å². The van der Waals surface area contributed by atoms with Gasteiger partial charge in [-0.25, -0.2) is 4.39 Å². The third-order valence-electron chi connectivity index (χ3n) is 4.60. The van der Waals surface area contributed by atoms with E-state index in [-0.39, 0.29) is 5.82 Å². The van der Waals surface area contributed by atoms with Crippen molar-refractivity contribution in [2.75, 3.05) is 32.6 Å². The average molecular weight is 344 g/mol. The van der Waals surface area contributed by atoms with Gasteiger partial charge in [-0.15, -0.1) is 0 Å². The highest BCUT2D eigenvalue weighted by Crippen LogP contribution is 2.32. The fourth-order valence-corrected chi connectivity index (χ4v) is 3.42. The predicted octanol–water partition coefficient (Wildman–Crippen LogP) is 3.92. The van der Waals surface area contributed by atoms with Gasteiger partial charge in [-0.2, -0.15) is 0 Å². The SMILES string of the molecule is COc1cccc(CN2CCC[C@H](Nc3ccc(F)cc3)C2)c1OC. The third-order valence-corrected chi connectivity index (χ3v) is 4.60. The van der Waals surface area contributed by atoms with Crippen LogP contribution in [0, 0.1) is 5.82 Å². The third kappa shape index (κ3) is 4.42. The van der Waals surface area contributed by atoms with E-state index in [9.17, 15) is 4.39 Å². The Balaban J connectivity index is 1.65. The van der Waals surface area contributed by atoms with Gasteiger partial charge in [0.15, 0.2) is 11.5 Å². The molecule has 1 fully saturated rings. The van der Waals surface area contributed by atoms with Crippen molar-refractivity contribution in [3.8, 4) is 11.5 Å². The lowest BCUT2D eigenvalue weighted by atomic mass is 10.0. The summed E-state index contributed by atoms with van der Waals surface area (Å²) in [6.07, 6.45) is 2.24. The minimum absolute atomic E-state index is 0.207. The fourth-order valence-electron chi connectivity index (χ4n) is 3.42. The largest absolute Gasteiger partial charge is 0.493 e.